The smallest absolute Gasteiger partial charge is 0.256 e. The zero-order valence-corrected chi connectivity index (χ0v) is 15.7. The molecule has 1 heterocycles. The van der Waals surface area contributed by atoms with Crippen LogP contribution >= 0.6 is 11.6 Å². The fourth-order valence-electron chi connectivity index (χ4n) is 2.96. The van der Waals surface area contributed by atoms with Crippen LogP contribution in [0.3, 0.4) is 0 Å². The fraction of sp³-hybridized carbons (Fsp3) is 0.632. The van der Waals surface area contributed by atoms with E-state index in [4.69, 9.17) is 16.3 Å². The number of morpholine rings is 1. The van der Waals surface area contributed by atoms with Crippen molar-refractivity contribution >= 4 is 17.5 Å². The van der Waals surface area contributed by atoms with Gasteiger partial charge in [0, 0.05) is 37.7 Å². The zero-order valence-electron chi connectivity index (χ0n) is 15.0. The van der Waals surface area contributed by atoms with Crippen LogP contribution in [0.1, 0.15) is 43.0 Å². The van der Waals surface area contributed by atoms with Gasteiger partial charge in [0.15, 0.2) is 0 Å². The first-order valence-electron chi connectivity index (χ1n) is 9.16. The number of carbonyl (C=O) groups excluding carboxylic acids is 1. The minimum Gasteiger partial charge on any atom is -0.379 e. The average Bonchev–Trinajstić information content (AvgIpc) is 2.63. The molecule has 0 saturated carbocycles. The van der Waals surface area contributed by atoms with Gasteiger partial charge in [0.1, 0.15) is 5.82 Å². The predicted octanol–water partition coefficient (Wildman–Crippen LogP) is 3.83. The Morgan fingerprint density at radius 3 is 2.72 bits per heavy atom. The lowest BCUT2D eigenvalue weighted by Gasteiger charge is -2.30. The lowest BCUT2D eigenvalue weighted by molar-refractivity contribution is 0.0323. The summed E-state index contributed by atoms with van der Waals surface area (Å²) < 4.78 is 19.4. The van der Waals surface area contributed by atoms with Gasteiger partial charge in [-0.25, -0.2) is 4.39 Å². The van der Waals surface area contributed by atoms with Crippen LogP contribution in [0.15, 0.2) is 18.2 Å². The van der Waals surface area contributed by atoms with Crippen molar-refractivity contribution in [3.05, 3.63) is 34.6 Å². The number of unbranched alkanes of at least 4 members (excludes halogenated alkanes) is 3. The second-order valence-electron chi connectivity index (χ2n) is 6.43. The zero-order chi connectivity index (χ0) is 18.1. The van der Waals surface area contributed by atoms with E-state index in [0.29, 0.717) is 18.1 Å². The topological polar surface area (TPSA) is 32.8 Å². The molecule has 1 aliphatic rings. The second-order valence-corrected chi connectivity index (χ2v) is 6.87. The van der Waals surface area contributed by atoms with Gasteiger partial charge in [-0.05, 0) is 24.6 Å². The maximum Gasteiger partial charge on any atom is 0.256 e. The summed E-state index contributed by atoms with van der Waals surface area (Å²) in [7, 11) is 0. The van der Waals surface area contributed by atoms with E-state index in [0.717, 1.165) is 58.5 Å². The molecule has 0 aliphatic carbocycles. The van der Waals surface area contributed by atoms with E-state index >= 15 is 0 Å². The third kappa shape index (κ3) is 6.57. The van der Waals surface area contributed by atoms with Gasteiger partial charge >= 0.3 is 0 Å². The lowest BCUT2D eigenvalue weighted by atomic mass is 10.1. The van der Waals surface area contributed by atoms with Crippen LogP contribution in [-0.2, 0) is 4.74 Å². The van der Waals surface area contributed by atoms with Crippen molar-refractivity contribution in [1.29, 1.82) is 0 Å². The molecule has 1 saturated heterocycles. The lowest BCUT2D eigenvalue weighted by Crippen LogP contribution is -2.43. The van der Waals surface area contributed by atoms with Crippen LogP contribution in [0.5, 0.6) is 0 Å². The first kappa shape index (κ1) is 20.1. The van der Waals surface area contributed by atoms with Gasteiger partial charge < -0.3 is 9.64 Å². The van der Waals surface area contributed by atoms with E-state index < -0.39 is 5.82 Å². The molecule has 0 spiro atoms. The Labute approximate surface area is 154 Å². The van der Waals surface area contributed by atoms with Crippen molar-refractivity contribution in [2.24, 2.45) is 0 Å². The molecule has 1 aromatic carbocycles. The van der Waals surface area contributed by atoms with Gasteiger partial charge in [0.2, 0.25) is 0 Å². The molecular formula is C19H28ClFN2O2. The predicted molar refractivity (Wildman–Crippen MR) is 98.7 cm³/mol. The highest BCUT2D eigenvalue weighted by molar-refractivity contribution is 6.31. The second kappa shape index (κ2) is 10.7. The first-order valence-corrected chi connectivity index (χ1v) is 9.54. The van der Waals surface area contributed by atoms with E-state index in [9.17, 15) is 9.18 Å². The fourth-order valence-corrected chi connectivity index (χ4v) is 3.14. The van der Waals surface area contributed by atoms with Gasteiger partial charge in [-0.3, -0.25) is 9.69 Å². The van der Waals surface area contributed by atoms with Crippen LogP contribution in [0.2, 0.25) is 5.02 Å². The van der Waals surface area contributed by atoms with Crippen molar-refractivity contribution in [3.63, 3.8) is 0 Å². The average molecular weight is 371 g/mol. The van der Waals surface area contributed by atoms with Crippen LogP contribution in [-0.4, -0.2) is 61.6 Å². The Morgan fingerprint density at radius 1 is 1.24 bits per heavy atom. The van der Waals surface area contributed by atoms with Crippen LogP contribution in [0.4, 0.5) is 4.39 Å². The normalized spacial score (nSPS) is 15.3. The Hall–Kier alpha value is -1.17. The number of ether oxygens (including phenoxy) is 1. The van der Waals surface area contributed by atoms with Crippen molar-refractivity contribution < 1.29 is 13.9 Å². The molecule has 6 heteroatoms. The number of benzene rings is 1. The monoisotopic (exact) mass is 370 g/mol. The molecule has 0 atom stereocenters. The van der Waals surface area contributed by atoms with Crippen molar-refractivity contribution in [1.82, 2.24) is 9.80 Å². The Balaban J connectivity index is 2.00. The van der Waals surface area contributed by atoms with Gasteiger partial charge in [0.05, 0.1) is 18.8 Å². The van der Waals surface area contributed by atoms with E-state index in [-0.39, 0.29) is 11.5 Å². The van der Waals surface area contributed by atoms with Crippen LogP contribution in [0, 0.1) is 5.82 Å². The molecule has 4 nitrogen and oxygen atoms in total. The minimum atomic E-state index is -0.515. The third-order valence-electron chi connectivity index (χ3n) is 4.52. The molecule has 1 amide bonds. The number of hydrogen-bond donors (Lipinski definition) is 0. The number of halogens is 2. The molecule has 1 fully saturated rings. The molecule has 2 rings (SSSR count). The number of hydrogen-bond acceptors (Lipinski definition) is 3. The summed E-state index contributed by atoms with van der Waals surface area (Å²) in [6.07, 6.45) is 4.31. The highest BCUT2D eigenvalue weighted by Crippen LogP contribution is 2.17. The summed E-state index contributed by atoms with van der Waals surface area (Å²) in [5.74, 6) is -0.788. The Morgan fingerprint density at radius 2 is 2.00 bits per heavy atom. The van der Waals surface area contributed by atoms with Crippen molar-refractivity contribution in [2.75, 3.05) is 45.9 Å². The van der Waals surface area contributed by atoms with Crippen LogP contribution < -0.4 is 0 Å². The number of rotatable bonds is 9. The van der Waals surface area contributed by atoms with Crippen molar-refractivity contribution in [3.8, 4) is 0 Å². The molecule has 0 N–H and O–H groups in total. The summed E-state index contributed by atoms with van der Waals surface area (Å²) in [6.45, 7) is 7.40. The van der Waals surface area contributed by atoms with Crippen LogP contribution in [0.25, 0.3) is 0 Å². The third-order valence-corrected chi connectivity index (χ3v) is 4.75. The van der Waals surface area contributed by atoms with Gasteiger partial charge in [-0.1, -0.05) is 37.8 Å². The first-order chi connectivity index (χ1) is 12.1. The van der Waals surface area contributed by atoms with Crippen molar-refractivity contribution in [2.45, 2.75) is 32.6 Å². The molecule has 0 radical (unpaired) electrons. The molecular weight excluding hydrogens is 343 g/mol. The van der Waals surface area contributed by atoms with Gasteiger partial charge in [-0.15, -0.1) is 0 Å². The molecule has 1 aromatic rings. The highest BCUT2D eigenvalue weighted by Gasteiger charge is 2.21. The van der Waals surface area contributed by atoms with E-state index in [1.165, 1.54) is 18.2 Å². The Kier molecular flexibility index (Phi) is 8.65. The molecule has 140 valence electrons. The van der Waals surface area contributed by atoms with Gasteiger partial charge in [0.25, 0.3) is 5.91 Å². The molecule has 0 aromatic heterocycles. The maximum absolute atomic E-state index is 14.1. The van der Waals surface area contributed by atoms with E-state index in [1.807, 2.05) is 0 Å². The molecule has 1 aliphatic heterocycles. The SMILES string of the molecule is CCCCCCN(CCN1CCOCC1)C(=O)c1cc(Cl)ccc1F. The molecule has 25 heavy (non-hydrogen) atoms. The standard InChI is InChI=1S/C19H28ClFN2O2/c1-2-3-4-5-8-23(10-9-22-11-13-25-14-12-22)19(24)17-15-16(20)6-7-18(17)21/h6-7,15H,2-5,8-14H2,1H3. The number of amides is 1. The Bertz CT molecular complexity index is 550. The molecule has 0 unspecified atom stereocenters. The van der Waals surface area contributed by atoms with E-state index in [1.54, 1.807) is 4.90 Å². The largest absolute Gasteiger partial charge is 0.379 e. The highest BCUT2D eigenvalue weighted by atomic mass is 35.5. The summed E-state index contributed by atoms with van der Waals surface area (Å²) >= 11 is 5.95. The van der Waals surface area contributed by atoms with E-state index in [2.05, 4.69) is 11.8 Å². The van der Waals surface area contributed by atoms with Gasteiger partial charge in [-0.2, -0.15) is 0 Å². The minimum absolute atomic E-state index is 0.0602. The summed E-state index contributed by atoms with van der Waals surface area (Å²) in [5, 5.41) is 0.379. The summed E-state index contributed by atoms with van der Waals surface area (Å²) in [6, 6.07) is 4.15. The number of nitrogens with zero attached hydrogens (tertiary/aromatic N) is 2. The summed E-state index contributed by atoms with van der Waals surface area (Å²) in [4.78, 5) is 16.9. The maximum atomic E-state index is 14.1. The number of carbonyl (C=O) groups is 1. The quantitative estimate of drug-likeness (QED) is 0.619. The summed E-state index contributed by atoms with van der Waals surface area (Å²) in [5.41, 5.74) is 0.0602. The molecule has 0 bridgehead atoms.